The molecule has 3 aromatic heterocycles. The Bertz CT molecular complexity index is 3150. The topological polar surface area (TPSA) is 46.5 Å². The number of fused-ring (bicyclic) bond motifs is 6. The second kappa shape index (κ2) is 12.5. The van der Waals surface area contributed by atoms with Gasteiger partial charge in [-0.05, 0) is 108 Å². The van der Waals surface area contributed by atoms with E-state index in [4.69, 9.17) is 4.98 Å². The van der Waals surface area contributed by atoms with Gasteiger partial charge >= 0.3 is 0 Å². The minimum atomic E-state index is 0.567. The van der Waals surface area contributed by atoms with Crippen LogP contribution < -0.4 is 0 Å². The first-order chi connectivity index (χ1) is 26.6. The molecular weight excluding hydrogens is 657 g/mol. The minimum absolute atomic E-state index is 0.567. The highest BCUT2D eigenvalue weighted by Crippen LogP contribution is 2.42. The molecule has 4 heteroatoms. The summed E-state index contributed by atoms with van der Waals surface area (Å²) in [6.07, 6.45) is 1.83. The standard InChI is InChI=1S/C50H34N4/c1-32-13-3-5-16-37(32)34-24-26-45-41(29-34)39-18-7-9-20-43(39)53(45)47-22-11-15-36(31-51)49(47)50-48(23-12-28-52-50)54-44-21-10-8-19-40(44)42-30-35(25-27-46(42)54)38-17-6-4-14-33(38)2/h3-30H,1-2H3. The predicted molar refractivity (Wildman–Crippen MR) is 223 cm³/mol. The van der Waals surface area contributed by atoms with Crippen molar-refractivity contribution in [3.8, 4) is 51.0 Å². The lowest BCUT2D eigenvalue weighted by Gasteiger charge is -2.18. The van der Waals surface area contributed by atoms with Crippen molar-refractivity contribution >= 4 is 43.6 Å². The Morgan fingerprint density at radius 1 is 0.463 bits per heavy atom. The van der Waals surface area contributed by atoms with E-state index in [1.54, 1.807) is 0 Å². The SMILES string of the molecule is Cc1ccccc1-c1ccc2c(c1)c1ccccc1n2-c1cccnc1-c1c(C#N)cccc1-n1c2ccccc2c2cc(-c3ccccc3C)ccc21. The van der Waals surface area contributed by atoms with Crippen LogP contribution in [-0.4, -0.2) is 14.1 Å². The summed E-state index contributed by atoms with van der Waals surface area (Å²) in [4.78, 5) is 5.11. The summed E-state index contributed by atoms with van der Waals surface area (Å²) in [7, 11) is 0. The van der Waals surface area contributed by atoms with E-state index in [0.717, 1.165) is 55.5 Å². The zero-order valence-electron chi connectivity index (χ0n) is 30.0. The van der Waals surface area contributed by atoms with E-state index in [2.05, 4.69) is 175 Å². The van der Waals surface area contributed by atoms with Crippen LogP contribution in [0.5, 0.6) is 0 Å². The number of nitrogens with zero attached hydrogens (tertiary/aromatic N) is 4. The second-order valence-corrected chi connectivity index (χ2v) is 14.0. The molecule has 0 aliphatic carbocycles. The molecule has 0 N–H and O–H groups in total. The van der Waals surface area contributed by atoms with Crippen molar-refractivity contribution in [2.24, 2.45) is 0 Å². The Balaban J connectivity index is 1.24. The number of rotatable bonds is 5. The van der Waals surface area contributed by atoms with Crippen molar-refractivity contribution in [2.45, 2.75) is 13.8 Å². The molecule has 0 aliphatic heterocycles. The van der Waals surface area contributed by atoms with E-state index in [-0.39, 0.29) is 0 Å². The smallest absolute Gasteiger partial charge is 0.0999 e. The van der Waals surface area contributed by atoms with Crippen LogP contribution in [0.1, 0.15) is 16.7 Å². The molecule has 0 saturated carbocycles. The third kappa shape index (κ3) is 4.80. The highest BCUT2D eigenvalue weighted by atomic mass is 15.0. The lowest BCUT2D eigenvalue weighted by molar-refractivity contribution is 1.12. The summed E-state index contributed by atoms with van der Waals surface area (Å²) in [5.74, 6) is 0. The van der Waals surface area contributed by atoms with Gasteiger partial charge in [-0.3, -0.25) is 4.98 Å². The predicted octanol–water partition coefficient (Wildman–Crippen LogP) is 12.8. The molecule has 54 heavy (non-hydrogen) atoms. The summed E-state index contributed by atoms with van der Waals surface area (Å²) in [6, 6.07) is 60.3. The first kappa shape index (κ1) is 31.5. The number of aryl methyl sites for hydroxylation is 2. The number of aromatic nitrogens is 3. The third-order valence-corrected chi connectivity index (χ3v) is 10.9. The maximum absolute atomic E-state index is 10.7. The molecule has 254 valence electrons. The van der Waals surface area contributed by atoms with Crippen LogP contribution in [-0.2, 0) is 0 Å². The molecule has 0 unspecified atom stereocenters. The van der Waals surface area contributed by atoms with Gasteiger partial charge in [-0.1, -0.05) is 103 Å². The first-order valence-corrected chi connectivity index (χ1v) is 18.3. The molecule has 7 aromatic carbocycles. The van der Waals surface area contributed by atoms with E-state index in [1.807, 2.05) is 24.4 Å². The van der Waals surface area contributed by atoms with Crippen LogP contribution in [0.4, 0.5) is 0 Å². The highest BCUT2D eigenvalue weighted by molar-refractivity contribution is 6.12. The van der Waals surface area contributed by atoms with E-state index < -0.39 is 0 Å². The fourth-order valence-electron chi connectivity index (χ4n) is 8.43. The summed E-state index contributed by atoms with van der Waals surface area (Å²) in [6.45, 7) is 4.32. The quantitative estimate of drug-likeness (QED) is 0.180. The van der Waals surface area contributed by atoms with Gasteiger partial charge in [-0.2, -0.15) is 5.26 Å². The molecule has 0 spiro atoms. The summed E-state index contributed by atoms with van der Waals surface area (Å²) >= 11 is 0. The molecule has 0 saturated heterocycles. The normalized spacial score (nSPS) is 11.5. The number of benzene rings is 7. The van der Waals surface area contributed by atoms with Gasteiger partial charge in [0.05, 0.1) is 50.8 Å². The number of hydrogen-bond donors (Lipinski definition) is 0. The van der Waals surface area contributed by atoms with Gasteiger partial charge in [0.25, 0.3) is 0 Å². The molecule has 4 nitrogen and oxygen atoms in total. The molecule has 10 aromatic rings. The van der Waals surface area contributed by atoms with E-state index in [1.165, 1.54) is 44.2 Å². The lowest BCUT2D eigenvalue weighted by atomic mass is 9.98. The number of nitriles is 1. The molecular formula is C50H34N4. The second-order valence-electron chi connectivity index (χ2n) is 14.0. The Labute approximate surface area is 313 Å². The monoisotopic (exact) mass is 690 g/mol. The minimum Gasteiger partial charge on any atom is -0.309 e. The fourth-order valence-corrected chi connectivity index (χ4v) is 8.43. The van der Waals surface area contributed by atoms with Gasteiger partial charge < -0.3 is 9.13 Å². The number of pyridine rings is 1. The van der Waals surface area contributed by atoms with Crippen LogP contribution in [0.25, 0.3) is 88.5 Å². The molecule has 0 radical (unpaired) electrons. The highest BCUT2D eigenvalue weighted by Gasteiger charge is 2.23. The molecule has 10 rings (SSSR count). The van der Waals surface area contributed by atoms with Gasteiger partial charge in [0, 0.05) is 33.3 Å². The molecule has 3 heterocycles. The zero-order valence-corrected chi connectivity index (χ0v) is 30.0. The average Bonchev–Trinajstić information content (AvgIpc) is 3.73. The fraction of sp³-hybridized carbons (Fsp3) is 0.0400. The van der Waals surface area contributed by atoms with Crippen molar-refractivity contribution in [3.05, 3.63) is 187 Å². The number of hydrogen-bond acceptors (Lipinski definition) is 2. The van der Waals surface area contributed by atoms with Gasteiger partial charge in [-0.15, -0.1) is 0 Å². The molecule has 0 aliphatic rings. The van der Waals surface area contributed by atoms with Crippen LogP contribution >= 0.6 is 0 Å². The average molecular weight is 691 g/mol. The maximum Gasteiger partial charge on any atom is 0.0999 e. The van der Waals surface area contributed by atoms with Gasteiger partial charge in [-0.25, -0.2) is 0 Å². The molecule has 0 atom stereocenters. The van der Waals surface area contributed by atoms with Crippen LogP contribution in [0.15, 0.2) is 170 Å². The summed E-state index contributed by atoms with van der Waals surface area (Å²) in [5, 5.41) is 15.4. The Morgan fingerprint density at radius 2 is 0.963 bits per heavy atom. The van der Waals surface area contributed by atoms with Gasteiger partial charge in [0.15, 0.2) is 0 Å². The third-order valence-electron chi connectivity index (χ3n) is 10.9. The van der Waals surface area contributed by atoms with E-state index in [9.17, 15) is 5.26 Å². The summed E-state index contributed by atoms with van der Waals surface area (Å²) < 4.78 is 4.62. The van der Waals surface area contributed by atoms with Crippen LogP contribution in [0.2, 0.25) is 0 Å². The van der Waals surface area contributed by atoms with E-state index in [0.29, 0.717) is 5.56 Å². The van der Waals surface area contributed by atoms with Crippen LogP contribution in [0, 0.1) is 25.2 Å². The van der Waals surface area contributed by atoms with Crippen molar-refractivity contribution < 1.29 is 0 Å². The van der Waals surface area contributed by atoms with Crippen molar-refractivity contribution in [2.75, 3.05) is 0 Å². The Morgan fingerprint density at radius 3 is 1.54 bits per heavy atom. The number of para-hydroxylation sites is 2. The van der Waals surface area contributed by atoms with Gasteiger partial charge in [0.2, 0.25) is 0 Å². The molecule has 0 fully saturated rings. The largest absolute Gasteiger partial charge is 0.309 e. The summed E-state index contributed by atoms with van der Waals surface area (Å²) in [5.41, 5.74) is 15.5. The Kier molecular flexibility index (Phi) is 7.28. The van der Waals surface area contributed by atoms with Gasteiger partial charge in [0.1, 0.15) is 0 Å². The Hall–Kier alpha value is -7.22. The maximum atomic E-state index is 10.7. The molecule has 0 bridgehead atoms. The lowest BCUT2D eigenvalue weighted by Crippen LogP contribution is -2.04. The van der Waals surface area contributed by atoms with E-state index >= 15 is 0 Å². The zero-order chi connectivity index (χ0) is 36.3. The van der Waals surface area contributed by atoms with Crippen molar-refractivity contribution in [1.82, 2.24) is 14.1 Å². The molecule has 0 amide bonds. The van der Waals surface area contributed by atoms with Crippen molar-refractivity contribution in [1.29, 1.82) is 5.26 Å². The van der Waals surface area contributed by atoms with Crippen LogP contribution in [0.3, 0.4) is 0 Å². The first-order valence-electron chi connectivity index (χ1n) is 18.3. The van der Waals surface area contributed by atoms with Crippen molar-refractivity contribution in [3.63, 3.8) is 0 Å².